The van der Waals surface area contributed by atoms with Crippen LogP contribution in [0, 0.1) is 17.8 Å². The molecule has 0 amide bonds. The lowest BCUT2D eigenvalue weighted by Gasteiger charge is -2.30. The van der Waals surface area contributed by atoms with Crippen LogP contribution in [-0.4, -0.2) is 17.3 Å². The normalized spacial score (nSPS) is 28.3. The van der Waals surface area contributed by atoms with Crippen LogP contribution in [0.4, 0.5) is 0 Å². The van der Waals surface area contributed by atoms with Crippen molar-refractivity contribution in [1.82, 2.24) is 4.98 Å². The van der Waals surface area contributed by atoms with Crippen molar-refractivity contribution in [2.75, 3.05) is 6.54 Å². The second-order valence-electron chi connectivity index (χ2n) is 5.64. The molecule has 1 aromatic heterocycles. The fourth-order valence-electron chi connectivity index (χ4n) is 3.03. The van der Waals surface area contributed by atoms with Crippen molar-refractivity contribution in [3.8, 4) is 0 Å². The summed E-state index contributed by atoms with van der Waals surface area (Å²) in [6.07, 6.45) is 4.06. The molecule has 0 spiro atoms. The predicted molar refractivity (Wildman–Crippen MR) is 74.9 cm³/mol. The van der Waals surface area contributed by atoms with Gasteiger partial charge in [0.05, 0.1) is 5.01 Å². The van der Waals surface area contributed by atoms with Crippen molar-refractivity contribution in [3.63, 3.8) is 0 Å². The van der Waals surface area contributed by atoms with Gasteiger partial charge in [-0.15, -0.1) is 11.3 Å². The zero-order chi connectivity index (χ0) is 13.1. The largest absolute Gasteiger partial charge is 0.330 e. The molecule has 1 aliphatic carbocycles. The number of hydrogen-bond acceptors (Lipinski definition) is 4. The monoisotopic (exact) mass is 266 g/mol. The standard InChI is InChI=1S/C14H22N2OS/c1-9-5-10(2)7-11(6-9)14(17)12-8-18-13(16-12)3-4-15/h8-11H,3-7,15H2,1-2H3. The molecule has 1 heterocycles. The maximum Gasteiger partial charge on any atom is 0.185 e. The van der Waals surface area contributed by atoms with E-state index in [0.717, 1.165) is 24.3 Å². The molecule has 1 saturated carbocycles. The number of carbonyl (C=O) groups excluding carboxylic acids is 1. The Kier molecular flexibility index (Phi) is 4.51. The molecule has 1 aliphatic rings. The van der Waals surface area contributed by atoms with E-state index in [1.807, 2.05) is 5.38 Å². The average molecular weight is 266 g/mol. The summed E-state index contributed by atoms with van der Waals surface area (Å²) in [5.74, 6) is 1.74. The Bertz CT molecular complexity index is 406. The van der Waals surface area contributed by atoms with Gasteiger partial charge in [0.1, 0.15) is 5.69 Å². The lowest BCUT2D eigenvalue weighted by molar-refractivity contribution is 0.0831. The molecule has 0 aromatic carbocycles. The minimum Gasteiger partial charge on any atom is -0.330 e. The molecule has 100 valence electrons. The van der Waals surface area contributed by atoms with Crippen molar-refractivity contribution in [1.29, 1.82) is 0 Å². The van der Waals surface area contributed by atoms with Crippen molar-refractivity contribution in [2.45, 2.75) is 39.5 Å². The molecular weight excluding hydrogens is 244 g/mol. The van der Waals surface area contributed by atoms with Gasteiger partial charge in [0, 0.05) is 17.7 Å². The van der Waals surface area contributed by atoms with Gasteiger partial charge in [0.25, 0.3) is 0 Å². The van der Waals surface area contributed by atoms with Crippen molar-refractivity contribution in [3.05, 3.63) is 16.1 Å². The van der Waals surface area contributed by atoms with E-state index in [-0.39, 0.29) is 11.7 Å². The second-order valence-corrected chi connectivity index (χ2v) is 6.59. The third kappa shape index (κ3) is 3.18. The van der Waals surface area contributed by atoms with Gasteiger partial charge in [0.15, 0.2) is 5.78 Å². The SMILES string of the molecule is CC1CC(C)CC(C(=O)c2csc(CCN)n2)C1. The minimum atomic E-state index is 0.177. The van der Waals surface area contributed by atoms with E-state index >= 15 is 0 Å². The average Bonchev–Trinajstić information content (AvgIpc) is 2.76. The summed E-state index contributed by atoms with van der Waals surface area (Å²) >= 11 is 1.56. The molecule has 2 atom stereocenters. The molecule has 2 N–H and O–H groups in total. The van der Waals surface area contributed by atoms with Crippen LogP contribution in [0.25, 0.3) is 0 Å². The van der Waals surface area contributed by atoms with E-state index in [1.54, 1.807) is 11.3 Å². The van der Waals surface area contributed by atoms with Crippen LogP contribution >= 0.6 is 11.3 Å². The smallest absolute Gasteiger partial charge is 0.185 e. The Morgan fingerprint density at radius 1 is 1.39 bits per heavy atom. The predicted octanol–water partition coefficient (Wildman–Crippen LogP) is 2.90. The molecule has 0 saturated heterocycles. The Morgan fingerprint density at radius 3 is 2.67 bits per heavy atom. The Labute approximate surface area is 113 Å². The molecule has 4 heteroatoms. The van der Waals surface area contributed by atoms with Crippen LogP contribution in [0.3, 0.4) is 0 Å². The van der Waals surface area contributed by atoms with Crippen LogP contribution in [0.5, 0.6) is 0 Å². The molecule has 0 bridgehead atoms. The number of thiazole rings is 1. The van der Waals surface area contributed by atoms with Gasteiger partial charge in [0.2, 0.25) is 0 Å². The topological polar surface area (TPSA) is 56.0 Å². The Hall–Kier alpha value is -0.740. The molecule has 1 fully saturated rings. The van der Waals surface area contributed by atoms with Gasteiger partial charge in [-0.25, -0.2) is 4.98 Å². The van der Waals surface area contributed by atoms with Crippen molar-refractivity contribution in [2.24, 2.45) is 23.5 Å². The second kappa shape index (κ2) is 5.93. The zero-order valence-electron chi connectivity index (χ0n) is 11.2. The van der Waals surface area contributed by atoms with E-state index in [2.05, 4.69) is 18.8 Å². The van der Waals surface area contributed by atoms with E-state index in [4.69, 9.17) is 5.73 Å². The summed E-state index contributed by atoms with van der Waals surface area (Å²) in [5.41, 5.74) is 6.17. The first kappa shape index (κ1) is 13.7. The molecule has 18 heavy (non-hydrogen) atoms. The molecular formula is C14H22N2OS. The van der Waals surface area contributed by atoms with E-state index in [1.165, 1.54) is 6.42 Å². The van der Waals surface area contributed by atoms with Gasteiger partial charge in [-0.3, -0.25) is 4.79 Å². The number of nitrogens with two attached hydrogens (primary N) is 1. The number of carbonyl (C=O) groups is 1. The highest BCUT2D eigenvalue weighted by atomic mass is 32.1. The summed E-state index contributed by atoms with van der Waals surface area (Å²) in [7, 11) is 0. The highest BCUT2D eigenvalue weighted by molar-refractivity contribution is 7.09. The fourth-order valence-corrected chi connectivity index (χ4v) is 3.84. The van der Waals surface area contributed by atoms with Crippen LogP contribution < -0.4 is 5.73 Å². The lowest BCUT2D eigenvalue weighted by atomic mass is 9.74. The number of aromatic nitrogens is 1. The van der Waals surface area contributed by atoms with Crippen molar-refractivity contribution < 1.29 is 4.79 Å². The van der Waals surface area contributed by atoms with Gasteiger partial charge in [-0.1, -0.05) is 13.8 Å². The number of nitrogens with zero attached hydrogens (tertiary/aromatic N) is 1. The minimum absolute atomic E-state index is 0.177. The van der Waals surface area contributed by atoms with E-state index < -0.39 is 0 Å². The molecule has 0 aliphatic heterocycles. The number of Topliss-reactive ketones (excluding diaryl/α,β-unsaturated/α-hetero) is 1. The first-order valence-corrected chi connectivity index (χ1v) is 7.66. The van der Waals surface area contributed by atoms with Crippen LogP contribution in [-0.2, 0) is 6.42 Å². The first-order chi connectivity index (χ1) is 8.60. The van der Waals surface area contributed by atoms with Gasteiger partial charge >= 0.3 is 0 Å². The molecule has 3 nitrogen and oxygen atoms in total. The number of rotatable bonds is 4. The summed E-state index contributed by atoms with van der Waals surface area (Å²) < 4.78 is 0. The maximum absolute atomic E-state index is 12.4. The summed E-state index contributed by atoms with van der Waals surface area (Å²) in [5, 5.41) is 2.88. The molecule has 2 unspecified atom stereocenters. The zero-order valence-corrected chi connectivity index (χ0v) is 12.0. The Balaban J connectivity index is 2.05. The molecule has 2 rings (SSSR count). The van der Waals surface area contributed by atoms with E-state index in [0.29, 0.717) is 24.1 Å². The van der Waals surface area contributed by atoms with Crippen molar-refractivity contribution >= 4 is 17.1 Å². The maximum atomic E-state index is 12.4. The third-order valence-electron chi connectivity index (χ3n) is 3.71. The van der Waals surface area contributed by atoms with Gasteiger partial charge in [-0.2, -0.15) is 0 Å². The highest BCUT2D eigenvalue weighted by Crippen LogP contribution is 2.34. The third-order valence-corrected chi connectivity index (χ3v) is 4.62. The fraction of sp³-hybridized carbons (Fsp3) is 0.714. The summed E-state index contributed by atoms with van der Waals surface area (Å²) in [6, 6.07) is 0. The first-order valence-electron chi connectivity index (χ1n) is 6.78. The van der Waals surface area contributed by atoms with Gasteiger partial charge < -0.3 is 5.73 Å². The van der Waals surface area contributed by atoms with Crippen LogP contribution in [0.1, 0.15) is 48.6 Å². The van der Waals surface area contributed by atoms with E-state index in [9.17, 15) is 4.79 Å². The number of hydrogen-bond donors (Lipinski definition) is 1. The Morgan fingerprint density at radius 2 is 2.06 bits per heavy atom. The molecule has 0 radical (unpaired) electrons. The van der Waals surface area contributed by atoms with Crippen LogP contribution in [0.15, 0.2) is 5.38 Å². The van der Waals surface area contributed by atoms with Crippen LogP contribution in [0.2, 0.25) is 0 Å². The van der Waals surface area contributed by atoms with Gasteiger partial charge in [-0.05, 0) is 37.6 Å². The summed E-state index contributed by atoms with van der Waals surface area (Å²) in [6.45, 7) is 5.09. The quantitative estimate of drug-likeness (QED) is 0.853. The number of ketones is 1. The lowest BCUT2D eigenvalue weighted by Crippen LogP contribution is -2.26. The molecule has 1 aromatic rings. The summed E-state index contributed by atoms with van der Waals surface area (Å²) in [4.78, 5) is 16.8. The highest BCUT2D eigenvalue weighted by Gasteiger charge is 2.30.